The molecule has 41 heavy (non-hydrogen) atoms. The molecule has 0 unspecified atom stereocenters. The fourth-order valence-electron chi connectivity index (χ4n) is 3.98. The molecule has 0 radical (unpaired) electrons. The lowest BCUT2D eigenvalue weighted by Crippen LogP contribution is -2.21. The fourth-order valence-corrected chi connectivity index (χ4v) is 4.12. The molecule has 5 aromatic rings. The number of nitrogens with two attached hydrogens (primary N) is 1. The van der Waals surface area contributed by atoms with E-state index in [2.05, 4.69) is 52.4 Å². The maximum Gasteiger partial charge on any atom is 0.323 e. The summed E-state index contributed by atoms with van der Waals surface area (Å²) in [5, 5.41) is 7.73. The molecule has 210 valence electrons. The van der Waals surface area contributed by atoms with E-state index in [9.17, 15) is 4.79 Å². The third-order valence-corrected chi connectivity index (χ3v) is 6.42. The van der Waals surface area contributed by atoms with E-state index in [1.807, 2.05) is 61.5 Å². The molecular formula is C32H33ClN6O2. The minimum absolute atomic E-state index is 0.0134. The fraction of sp³-hybridized carbons (Fsp3) is 0.188. The van der Waals surface area contributed by atoms with Crippen molar-refractivity contribution in [3.05, 3.63) is 113 Å². The van der Waals surface area contributed by atoms with Gasteiger partial charge in [0.1, 0.15) is 5.75 Å². The van der Waals surface area contributed by atoms with Crippen LogP contribution in [-0.2, 0) is 12.0 Å². The predicted octanol–water partition coefficient (Wildman–Crippen LogP) is 7.87. The zero-order valence-electron chi connectivity index (χ0n) is 23.5. The number of hydrogen-bond acceptors (Lipinski definition) is 6. The summed E-state index contributed by atoms with van der Waals surface area (Å²) in [7, 11) is 0. The Kier molecular flexibility index (Phi) is 9.49. The molecule has 2 amide bonds. The van der Waals surface area contributed by atoms with Crippen molar-refractivity contribution in [1.82, 2.24) is 15.0 Å². The Bertz CT molecular complexity index is 1640. The summed E-state index contributed by atoms with van der Waals surface area (Å²) in [6, 6.07) is 24.4. The topological polar surface area (TPSA) is 115 Å². The molecule has 0 aliphatic rings. The lowest BCUT2D eigenvalue weighted by atomic mass is 9.86. The van der Waals surface area contributed by atoms with Crippen molar-refractivity contribution < 1.29 is 9.53 Å². The number of halogens is 1. The lowest BCUT2D eigenvalue weighted by Gasteiger charge is -2.21. The van der Waals surface area contributed by atoms with Gasteiger partial charge in [0, 0.05) is 41.5 Å². The number of urea groups is 1. The molecular weight excluding hydrogens is 536 g/mol. The Balaban J connectivity index is 0.000000417. The number of carbonyl (C=O) groups excluding carboxylic acids is 1. The molecule has 5 rings (SSSR count). The summed E-state index contributed by atoms with van der Waals surface area (Å²) in [6.45, 7) is 8.94. The monoisotopic (exact) mass is 568 g/mol. The van der Waals surface area contributed by atoms with E-state index in [1.165, 1.54) is 6.20 Å². The second-order valence-corrected chi connectivity index (χ2v) is 10.6. The number of hydrogen-bond donors (Lipinski definition) is 3. The number of aromatic nitrogens is 3. The molecule has 2 aromatic heterocycles. The maximum atomic E-state index is 12.9. The van der Waals surface area contributed by atoms with Crippen LogP contribution in [0, 0.1) is 6.92 Å². The average Bonchev–Trinajstić information content (AvgIpc) is 2.96. The number of ether oxygens (including phenoxy) is 1. The van der Waals surface area contributed by atoms with E-state index in [1.54, 1.807) is 24.4 Å². The van der Waals surface area contributed by atoms with E-state index in [0.717, 1.165) is 33.3 Å². The summed E-state index contributed by atoms with van der Waals surface area (Å²) in [4.78, 5) is 24.8. The van der Waals surface area contributed by atoms with Gasteiger partial charge in [0.25, 0.3) is 0 Å². The normalized spacial score (nSPS) is 10.9. The van der Waals surface area contributed by atoms with Crippen molar-refractivity contribution in [1.29, 1.82) is 0 Å². The van der Waals surface area contributed by atoms with Crippen LogP contribution in [0.2, 0.25) is 5.28 Å². The lowest BCUT2D eigenvalue weighted by molar-refractivity contribution is 0.262. The van der Waals surface area contributed by atoms with Crippen LogP contribution in [0.3, 0.4) is 0 Å². The van der Waals surface area contributed by atoms with Crippen LogP contribution >= 0.6 is 11.6 Å². The van der Waals surface area contributed by atoms with Gasteiger partial charge in [-0.3, -0.25) is 4.98 Å². The largest absolute Gasteiger partial charge is 0.438 e. The van der Waals surface area contributed by atoms with Crippen molar-refractivity contribution in [3.8, 4) is 11.6 Å². The molecule has 8 nitrogen and oxygen atoms in total. The number of aryl methyl sites for hydroxylation is 1. The summed E-state index contributed by atoms with van der Waals surface area (Å²) < 4.78 is 5.92. The number of benzene rings is 3. The number of nitrogens with one attached hydrogen (secondary N) is 2. The summed E-state index contributed by atoms with van der Waals surface area (Å²) in [5.74, 6) is 0.938. The Morgan fingerprint density at radius 3 is 2.27 bits per heavy atom. The Morgan fingerprint density at radius 2 is 1.61 bits per heavy atom. The molecule has 4 N–H and O–H groups in total. The first-order valence-electron chi connectivity index (χ1n) is 13.1. The molecule has 0 fully saturated rings. The van der Waals surface area contributed by atoms with Gasteiger partial charge in [-0.05, 0) is 65.4 Å². The Labute approximate surface area is 245 Å². The van der Waals surface area contributed by atoms with Gasteiger partial charge in [-0.15, -0.1) is 0 Å². The molecule has 9 heteroatoms. The highest BCUT2D eigenvalue weighted by Crippen LogP contribution is 2.34. The van der Waals surface area contributed by atoms with Crippen molar-refractivity contribution in [2.24, 2.45) is 5.73 Å². The van der Waals surface area contributed by atoms with E-state index in [-0.39, 0.29) is 16.7 Å². The predicted molar refractivity (Wildman–Crippen MR) is 166 cm³/mol. The summed E-state index contributed by atoms with van der Waals surface area (Å²) in [5.41, 5.74) is 9.81. The first kappa shape index (κ1) is 29.5. The highest BCUT2D eigenvalue weighted by Gasteiger charge is 2.16. The number of anilines is 2. The van der Waals surface area contributed by atoms with Crippen LogP contribution in [0.5, 0.6) is 11.6 Å². The van der Waals surface area contributed by atoms with Crippen LogP contribution in [0.4, 0.5) is 16.2 Å². The number of carbonyl (C=O) groups is 1. The van der Waals surface area contributed by atoms with Gasteiger partial charge in [0.15, 0.2) is 0 Å². The van der Waals surface area contributed by atoms with Crippen molar-refractivity contribution in [2.45, 2.75) is 39.7 Å². The standard InChI is InChI=1S/C26H25ClN4O2.C6H8N2/c1-16-9-10-17(26(2,3)4)15-21(16)30-25(32)29-20-11-12-22(19-8-6-5-7-18(19)20)33-23-13-14-28-24(27)31-23;7-5-6-3-1-2-4-8-6/h5-15H,1-4H3,(H2,29,30,32);1-4H,5,7H2. The van der Waals surface area contributed by atoms with E-state index in [0.29, 0.717) is 23.9 Å². The van der Waals surface area contributed by atoms with Gasteiger partial charge in [-0.25, -0.2) is 9.78 Å². The van der Waals surface area contributed by atoms with Gasteiger partial charge in [-0.2, -0.15) is 4.98 Å². The Hall–Kier alpha value is -4.53. The van der Waals surface area contributed by atoms with Gasteiger partial charge in [0.2, 0.25) is 11.2 Å². The molecule has 2 heterocycles. The zero-order chi connectivity index (χ0) is 29.4. The number of fused-ring (bicyclic) bond motifs is 1. The molecule has 0 aliphatic heterocycles. The second kappa shape index (κ2) is 13.2. The first-order chi connectivity index (χ1) is 19.6. The van der Waals surface area contributed by atoms with Gasteiger partial charge >= 0.3 is 6.03 Å². The van der Waals surface area contributed by atoms with Crippen molar-refractivity contribution in [2.75, 3.05) is 10.6 Å². The van der Waals surface area contributed by atoms with Crippen LogP contribution in [0.25, 0.3) is 10.8 Å². The third-order valence-electron chi connectivity index (χ3n) is 6.23. The molecule has 0 spiro atoms. The summed E-state index contributed by atoms with van der Waals surface area (Å²) in [6.07, 6.45) is 3.27. The minimum Gasteiger partial charge on any atom is -0.438 e. The number of rotatable bonds is 5. The molecule has 0 atom stereocenters. The smallest absolute Gasteiger partial charge is 0.323 e. The molecule has 3 aromatic carbocycles. The van der Waals surface area contributed by atoms with Crippen LogP contribution in [0.15, 0.2) is 91.3 Å². The number of pyridine rings is 1. The van der Waals surface area contributed by atoms with Crippen LogP contribution < -0.4 is 21.1 Å². The van der Waals surface area contributed by atoms with E-state index >= 15 is 0 Å². The highest BCUT2D eigenvalue weighted by molar-refractivity contribution is 6.28. The maximum absolute atomic E-state index is 12.9. The number of nitrogens with zero attached hydrogens (tertiary/aromatic N) is 3. The Morgan fingerprint density at radius 1 is 0.878 bits per heavy atom. The van der Waals surface area contributed by atoms with Gasteiger partial charge < -0.3 is 21.1 Å². The van der Waals surface area contributed by atoms with Crippen LogP contribution in [-0.4, -0.2) is 21.0 Å². The quantitative estimate of drug-likeness (QED) is 0.186. The van der Waals surface area contributed by atoms with E-state index in [4.69, 9.17) is 22.1 Å². The average molecular weight is 569 g/mol. The SMILES string of the molecule is Cc1ccc(C(C)(C)C)cc1NC(=O)Nc1ccc(Oc2ccnc(Cl)n2)c2ccccc12.NCc1ccccn1. The van der Waals surface area contributed by atoms with Gasteiger partial charge in [0.05, 0.1) is 11.4 Å². The zero-order valence-corrected chi connectivity index (χ0v) is 24.2. The molecule has 0 saturated carbocycles. The van der Waals surface area contributed by atoms with E-state index < -0.39 is 0 Å². The highest BCUT2D eigenvalue weighted by atomic mass is 35.5. The van der Waals surface area contributed by atoms with Crippen molar-refractivity contribution >= 4 is 39.8 Å². The molecule has 0 bridgehead atoms. The minimum atomic E-state index is -0.314. The van der Waals surface area contributed by atoms with Crippen LogP contribution in [0.1, 0.15) is 37.6 Å². The second-order valence-electron chi connectivity index (χ2n) is 10.3. The van der Waals surface area contributed by atoms with Crippen molar-refractivity contribution in [3.63, 3.8) is 0 Å². The third kappa shape index (κ3) is 8.00. The summed E-state index contributed by atoms with van der Waals surface area (Å²) >= 11 is 5.87. The first-order valence-corrected chi connectivity index (χ1v) is 13.5. The number of amides is 2. The molecule has 0 aliphatic carbocycles. The van der Waals surface area contributed by atoms with Gasteiger partial charge in [-0.1, -0.05) is 63.2 Å². The molecule has 0 saturated heterocycles.